The van der Waals surface area contributed by atoms with Crippen molar-refractivity contribution >= 4 is 46.8 Å². The first kappa shape index (κ1) is 20.6. The quantitative estimate of drug-likeness (QED) is 0.645. The average Bonchev–Trinajstić information content (AvgIpc) is 2.64. The van der Waals surface area contributed by atoms with Gasteiger partial charge in [0, 0.05) is 10.6 Å². The van der Waals surface area contributed by atoms with Gasteiger partial charge in [0.05, 0.1) is 10.6 Å². The zero-order chi connectivity index (χ0) is 18.9. The molecule has 0 saturated carbocycles. The number of benzene rings is 2. The summed E-state index contributed by atoms with van der Waals surface area (Å²) in [6.07, 6.45) is 2.39. The molecule has 0 bridgehead atoms. The number of carbonyl (C=O) groups excluding carboxylic acids is 2. The second-order valence-electron chi connectivity index (χ2n) is 5.49. The molecule has 0 aliphatic carbocycles. The third-order valence-corrected chi connectivity index (χ3v) is 4.99. The highest BCUT2D eigenvalue weighted by Gasteiger charge is 2.23. The van der Waals surface area contributed by atoms with E-state index >= 15 is 0 Å². The van der Waals surface area contributed by atoms with Crippen molar-refractivity contribution < 1.29 is 14.3 Å². The Hall–Kier alpha value is -1.69. The molecular weight excluding hydrogens is 393 g/mol. The molecule has 4 nitrogen and oxygen atoms in total. The fourth-order valence-electron chi connectivity index (χ4n) is 2.23. The molecule has 7 heteroatoms. The van der Waals surface area contributed by atoms with E-state index in [4.69, 9.17) is 27.9 Å². The lowest BCUT2D eigenvalue weighted by molar-refractivity contribution is -0.147. The van der Waals surface area contributed by atoms with Gasteiger partial charge in [0.1, 0.15) is 12.6 Å². The lowest BCUT2D eigenvalue weighted by Crippen LogP contribution is -2.42. The summed E-state index contributed by atoms with van der Waals surface area (Å²) in [7, 11) is 0. The Bertz CT molecular complexity index is 770. The Kier molecular flexibility index (Phi) is 8.29. The normalized spacial score (nSPS) is 11.7. The lowest BCUT2D eigenvalue weighted by atomic mass is 10.1. The molecule has 0 aromatic heterocycles. The minimum Gasteiger partial charge on any atom is -0.459 e. The molecule has 0 fully saturated rings. The fourth-order valence-corrected chi connectivity index (χ4v) is 3.11. The van der Waals surface area contributed by atoms with Crippen LogP contribution in [0.5, 0.6) is 0 Å². The number of hydrogen-bond acceptors (Lipinski definition) is 4. The van der Waals surface area contributed by atoms with E-state index in [0.29, 0.717) is 33.3 Å². The third-order valence-electron chi connectivity index (χ3n) is 3.65. The highest BCUT2D eigenvalue weighted by Crippen LogP contribution is 2.17. The SMILES string of the molecule is CSCCC(NC(=O)c1ccccc1Cl)C(=O)OCc1ccccc1Cl. The number of rotatable bonds is 8. The summed E-state index contributed by atoms with van der Waals surface area (Å²) in [5.41, 5.74) is 1.03. The van der Waals surface area contributed by atoms with Crippen molar-refractivity contribution in [1.29, 1.82) is 0 Å². The molecule has 0 aliphatic heterocycles. The van der Waals surface area contributed by atoms with Crippen molar-refractivity contribution in [3.63, 3.8) is 0 Å². The molecule has 138 valence electrons. The van der Waals surface area contributed by atoms with Gasteiger partial charge in [-0.05, 0) is 36.6 Å². The highest BCUT2D eigenvalue weighted by atomic mass is 35.5. The van der Waals surface area contributed by atoms with Crippen molar-refractivity contribution in [2.75, 3.05) is 12.0 Å². The number of hydrogen-bond donors (Lipinski definition) is 1. The Morgan fingerprint density at radius 2 is 1.73 bits per heavy atom. The van der Waals surface area contributed by atoms with Crippen molar-refractivity contribution in [1.82, 2.24) is 5.32 Å². The molecule has 2 aromatic rings. The monoisotopic (exact) mass is 411 g/mol. The van der Waals surface area contributed by atoms with Crippen LogP contribution in [0.25, 0.3) is 0 Å². The second-order valence-corrected chi connectivity index (χ2v) is 7.29. The van der Waals surface area contributed by atoms with E-state index in [9.17, 15) is 9.59 Å². The molecule has 1 amide bonds. The average molecular weight is 412 g/mol. The van der Waals surface area contributed by atoms with Gasteiger partial charge in [-0.3, -0.25) is 4.79 Å². The number of amides is 1. The number of carbonyl (C=O) groups is 2. The van der Waals surface area contributed by atoms with Gasteiger partial charge < -0.3 is 10.1 Å². The number of ether oxygens (including phenoxy) is 1. The second kappa shape index (κ2) is 10.5. The molecule has 1 unspecified atom stereocenters. The molecule has 0 radical (unpaired) electrons. The van der Waals surface area contributed by atoms with E-state index in [1.165, 1.54) is 0 Å². The first-order chi connectivity index (χ1) is 12.5. The molecule has 2 rings (SSSR count). The van der Waals surface area contributed by atoms with Crippen LogP contribution in [0.2, 0.25) is 10.0 Å². The maximum absolute atomic E-state index is 12.5. The molecule has 1 atom stereocenters. The van der Waals surface area contributed by atoms with Gasteiger partial charge in [0.2, 0.25) is 0 Å². The van der Waals surface area contributed by atoms with Gasteiger partial charge in [0.15, 0.2) is 0 Å². The largest absolute Gasteiger partial charge is 0.459 e. The van der Waals surface area contributed by atoms with E-state index in [1.54, 1.807) is 54.2 Å². The van der Waals surface area contributed by atoms with Gasteiger partial charge in [-0.2, -0.15) is 11.8 Å². The van der Waals surface area contributed by atoms with Crippen LogP contribution < -0.4 is 5.32 Å². The van der Waals surface area contributed by atoms with Crippen LogP contribution in [0.3, 0.4) is 0 Å². The van der Waals surface area contributed by atoms with Crippen LogP contribution >= 0.6 is 35.0 Å². The summed E-state index contributed by atoms with van der Waals surface area (Å²) < 4.78 is 5.35. The van der Waals surface area contributed by atoms with Crippen LogP contribution in [-0.4, -0.2) is 29.9 Å². The third kappa shape index (κ3) is 5.94. The molecular formula is C19H19Cl2NO3S. The minimum atomic E-state index is -0.756. The van der Waals surface area contributed by atoms with Gasteiger partial charge in [-0.25, -0.2) is 4.79 Å². The molecule has 1 N–H and O–H groups in total. The zero-order valence-electron chi connectivity index (χ0n) is 14.2. The summed E-state index contributed by atoms with van der Waals surface area (Å²) in [5.74, 6) is -0.204. The van der Waals surface area contributed by atoms with Gasteiger partial charge in [-0.1, -0.05) is 53.5 Å². The summed E-state index contributed by atoms with van der Waals surface area (Å²) in [6.45, 7) is 0.0518. The molecule has 0 saturated heterocycles. The molecule has 0 heterocycles. The Labute approximate surface area is 167 Å². The Balaban J connectivity index is 2.03. The summed E-state index contributed by atoms with van der Waals surface area (Å²) in [6, 6.07) is 13.1. The van der Waals surface area contributed by atoms with Crippen LogP contribution in [0.15, 0.2) is 48.5 Å². The van der Waals surface area contributed by atoms with E-state index < -0.39 is 17.9 Å². The predicted octanol–water partition coefficient (Wildman–Crippen LogP) is 4.59. The molecule has 0 spiro atoms. The number of halogens is 2. The molecule has 0 aliphatic rings. The maximum Gasteiger partial charge on any atom is 0.329 e. The van der Waals surface area contributed by atoms with Gasteiger partial charge in [0.25, 0.3) is 5.91 Å². The van der Waals surface area contributed by atoms with Crippen LogP contribution in [0, 0.1) is 0 Å². The van der Waals surface area contributed by atoms with Gasteiger partial charge >= 0.3 is 5.97 Å². The van der Waals surface area contributed by atoms with Crippen LogP contribution in [0.1, 0.15) is 22.3 Å². The topological polar surface area (TPSA) is 55.4 Å². The van der Waals surface area contributed by atoms with E-state index in [1.807, 2.05) is 12.3 Å². The number of esters is 1. The summed E-state index contributed by atoms with van der Waals surface area (Å²) >= 11 is 13.7. The maximum atomic E-state index is 12.5. The van der Waals surface area contributed by atoms with E-state index in [-0.39, 0.29) is 6.61 Å². The standard InChI is InChI=1S/C19H19Cl2NO3S/c1-26-11-10-17(22-18(23)14-7-3-5-9-16(14)21)19(24)25-12-13-6-2-4-8-15(13)20/h2-9,17H,10-12H2,1H3,(H,22,23). The highest BCUT2D eigenvalue weighted by molar-refractivity contribution is 7.98. The predicted molar refractivity (Wildman–Crippen MR) is 107 cm³/mol. The number of nitrogens with one attached hydrogen (secondary N) is 1. The Morgan fingerprint density at radius 3 is 2.38 bits per heavy atom. The Morgan fingerprint density at radius 1 is 1.08 bits per heavy atom. The molecule has 2 aromatic carbocycles. The van der Waals surface area contributed by atoms with Crippen molar-refractivity contribution in [3.05, 3.63) is 69.7 Å². The summed E-state index contributed by atoms with van der Waals surface area (Å²) in [5, 5.41) is 3.58. The van der Waals surface area contributed by atoms with Gasteiger partial charge in [-0.15, -0.1) is 0 Å². The van der Waals surface area contributed by atoms with Crippen LogP contribution in [-0.2, 0) is 16.1 Å². The van der Waals surface area contributed by atoms with E-state index in [2.05, 4.69) is 5.32 Å². The van der Waals surface area contributed by atoms with Crippen LogP contribution in [0.4, 0.5) is 0 Å². The lowest BCUT2D eigenvalue weighted by Gasteiger charge is -2.18. The van der Waals surface area contributed by atoms with E-state index in [0.717, 1.165) is 0 Å². The number of thioether (sulfide) groups is 1. The van der Waals surface area contributed by atoms with Crippen molar-refractivity contribution in [3.8, 4) is 0 Å². The zero-order valence-corrected chi connectivity index (χ0v) is 16.5. The first-order valence-electron chi connectivity index (χ1n) is 7.97. The minimum absolute atomic E-state index is 0.0518. The smallest absolute Gasteiger partial charge is 0.329 e. The van der Waals surface area contributed by atoms with Crippen molar-refractivity contribution in [2.24, 2.45) is 0 Å². The fraction of sp³-hybridized carbons (Fsp3) is 0.263. The molecule has 26 heavy (non-hydrogen) atoms. The van der Waals surface area contributed by atoms with Crippen molar-refractivity contribution in [2.45, 2.75) is 19.1 Å². The first-order valence-corrected chi connectivity index (χ1v) is 10.1. The summed E-state index contributed by atoms with van der Waals surface area (Å²) in [4.78, 5) is 24.9.